The highest BCUT2D eigenvalue weighted by Crippen LogP contribution is 2.19. The molecule has 1 atom stereocenters. The first-order chi connectivity index (χ1) is 7.99. The SMILES string of the molecule is Cc1ccc2nc(NC(C)C(=O)O)n(C)c2c1. The van der Waals surface area contributed by atoms with Crippen LogP contribution in [0.1, 0.15) is 12.5 Å². The summed E-state index contributed by atoms with van der Waals surface area (Å²) in [5.74, 6) is -0.325. The summed E-state index contributed by atoms with van der Waals surface area (Å²) < 4.78 is 1.86. The van der Waals surface area contributed by atoms with Crippen LogP contribution in [0.4, 0.5) is 5.95 Å². The standard InChI is InChI=1S/C12H15N3O2/c1-7-4-5-9-10(6-7)15(3)12(14-9)13-8(2)11(16)17/h4-6,8H,1-3H3,(H,13,14)(H,16,17). The minimum Gasteiger partial charge on any atom is -0.480 e. The van der Waals surface area contributed by atoms with Gasteiger partial charge in [0.1, 0.15) is 6.04 Å². The lowest BCUT2D eigenvalue weighted by atomic mass is 10.2. The number of anilines is 1. The molecule has 5 nitrogen and oxygen atoms in total. The number of benzene rings is 1. The maximum atomic E-state index is 10.8. The lowest BCUT2D eigenvalue weighted by Gasteiger charge is -2.09. The van der Waals surface area contributed by atoms with E-state index in [-0.39, 0.29) is 0 Å². The highest BCUT2D eigenvalue weighted by atomic mass is 16.4. The van der Waals surface area contributed by atoms with Crippen molar-refractivity contribution in [3.8, 4) is 0 Å². The Labute approximate surface area is 99.1 Å². The van der Waals surface area contributed by atoms with Gasteiger partial charge in [-0.15, -0.1) is 0 Å². The number of hydrogen-bond acceptors (Lipinski definition) is 3. The van der Waals surface area contributed by atoms with Gasteiger partial charge in [0.15, 0.2) is 0 Å². The highest BCUT2D eigenvalue weighted by Gasteiger charge is 2.14. The summed E-state index contributed by atoms with van der Waals surface area (Å²) in [4.78, 5) is 15.1. The molecular weight excluding hydrogens is 218 g/mol. The Hall–Kier alpha value is -2.04. The first kappa shape index (κ1) is 11.4. The zero-order chi connectivity index (χ0) is 12.6. The summed E-state index contributed by atoms with van der Waals surface area (Å²) in [5.41, 5.74) is 3.00. The van der Waals surface area contributed by atoms with Crippen LogP contribution in [0.5, 0.6) is 0 Å². The first-order valence-electron chi connectivity index (χ1n) is 5.41. The van der Waals surface area contributed by atoms with Gasteiger partial charge in [0.05, 0.1) is 11.0 Å². The minimum atomic E-state index is -0.895. The lowest BCUT2D eigenvalue weighted by molar-refractivity contribution is -0.137. The molecule has 2 rings (SSSR count). The van der Waals surface area contributed by atoms with Gasteiger partial charge in [-0.05, 0) is 31.5 Å². The van der Waals surface area contributed by atoms with Gasteiger partial charge in [0, 0.05) is 7.05 Å². The Bertz CT molecular complexity index is 574. The summed E-state index contributed by atoms with van der Waals surface area (Å²) in [6.45, 7) is 3.60. The van der Waals surface area contributed by atoms with Crippen LogP contribution in [0.15, 0.2) is 18.2 Å². The number of nitrogens with one attached hydrogen (secondary N) is 1. The summed E-state index contributed by atoms with van der Waals surface area (Å²) in [6.07, 6.45) is 0. The van der Waals surface area contributed by atoms with Crippen LogP contribution >= 0.6 is 0 Å². The molecule has 5 heteroatoms. The van der Waals surface area contributed by atoms with E-state index in [1.54, 1.807) is 6.92 Å². The fourth-order valence-electron chi connectivity index (χ4n) is 1.68. The number of aryl methyl sites for hydroxylation is 2. The van der Waals surface area contributed by atoms with Crippen LogP contribution in [0.2, 0.25) is 0 Å². The number of aromatic nitrogens is 2. The van der Waals surface area contributed by atoms with E-state index in [4.69, 9.17) is 5.11 Å². The van der Waals surface area contributed by atoms with Gasteiger partial charge in [-0.2, -0.15) is 0 Å². The third-order valence-electron chi connectivity index (χ3n) is 2.75. The molecule has 1 unspecified atom stereocenters. The Morgan fingerprint density at radius 1 is 1.53 bits per heavy atom. The summed E-state index contributed by atoms with van der Waals surface area (Å²) >= 11 is 0. The van der Waals surface area contributed by atoms with Gasteiger partial charge in [0.2, 0.25) is 5.95 Å². The van der Waals surface area contributed by atoms with Crippen molar-refractivity contribution in [3.05, 3.63) is 23.8 Å². The fraction of sp³-hybridized carbons (Fsp3) is 0.333. The summed E-state index contributed by atoms with van der Waals surface area (Å²) in [6, 6.07) is 5.28. The zero-order valence-electron chi connectivity index (χ0n) is 10.1. The molecule has 1 heterocycles. The Balaban J connectivity index is 2.42. The van der Waals surface area contributed by atoms with Crippen LogP contribution in [-0.4, -0.2) is 26.7 Å². The van der Waals surface area contributed by atoms with Gasteiger partial charge < -0.3 is 15.0 Å². The third-order valence-corrected chi connectivity index (χ3v) is 2.75. The second-order valence-corrected chi connectivity index (χ2v) is 4.19. The molecule has 17 heavy (non-hydrogen) atoms. The number of rotatable bonds is 3. The molecule has 0 aliphatic carbocycles. The van der Waals surface area contributed by atoms with Crippen LogP contribution in [0.3, 0.4) is 0 Å². The van der Waals surface area contributed by atoms with E-state index in [2.05, 4.69) is 10.3 Å². The summed E-state index contributed by atoms with van der Waals surface area (Å²) in [5, 5.41) is 11.7. The molecule has 0 aliphatic heterocycles. The smallest absolute Gasteiger partial charge is 0.325 e. The van der Waals surface area contributed by atoms with Gasteiger partial charge in [0.25, 0.3) is 0 Å². The molecule has 0 aliphatic rings. The third kappa shape index (κ3) is 2.08. The number of nitrogens with zero attached hydrogens (tertiary/aromatic N) is 2. The van der Waals surface area contributed by atoms with Crippen molar-refractivity contribution in [2.45, 2.75) is 19.9 Å². The van der Waals surface area contributed by atoms with Crippen molar-refractivity contribution in [1.82, 2.24) is 9.55 Å². The molecule has 0 bridgehead atoms. The molecule has 2 aromatic rings. The van der Waals surface area contributed by atoms with E-state index in [9.17, 15) is 4.79 Å². The molecule has 1 aromatic carbocycles. The molecule has 0 saturated carbocycles. The Morgan fingerprint density at radius 3 is 2.88 bits per heavy atom. The lowest BCUT2D eigenvalue weighted by Crippen LogP contribution is -2.26. The van der Waals surface area contributed by atoms with Crippen molar-refractivity contribution in [2.24, 2.45) is 7.05 Å². The molecule has 0 spiro atoms. The molecular formula is C12H15N3O2. The number of fused-ring (bicyclic) bond motifs is 1. The normalized spacial score (nSPS) is 12.6. The summed E-state index contributed by atoms with van der Waals surface area (Å²) in [7, 11) is 1.87. The van der Waals surface area contributed by atoms with Crippen LogP contribution in [0, 0.1) is 6.92 Å². The van der Waals surface area contributed by atoms with Crippen molar-refractivity contribution in [1.29, 1.82) is 0 Å². The average molecular weight is 233 g/mol. The molecule has 1 aromatic heterocycles. The molecule has 0 saturated heterocycles. The van der Waals surface area contributed by atoms with E-state index in [0.717, 1.165) is 16.6 Å². The second-order valence-electron chi connectivity index (χ2n) is 4.19. The largest absolute Gasteiger partial charge is 0.480 e. The van der Waals surface area contributed by atoms with Gasteiger partial charge in [-0.1, -0.05) is 6.07 Å². The van der Waals surface area contributed by atoms with Crippen molar-refractivity contribution in [2.75, 3.05) is 5.32 Å². The van der Waals surface area contributed by atoms with Crippen molar-refractivity contribution >= 4 is 23.0 Å². The molecule has 0 amide bonds. The minimum absolute atomic E-state index is 0.570. The average Bonchev–Trinajstić information content (AvgIpc) is 2.56. The van der Waals surface area contributed by atoms with E-state index in [1.165, 1.54) is 0 Å². The topological polar surface area (TPSA) is 67.2 Å². The number of carbonyl (C=O) groups is 1. The van der Waals surface area contributed by atoms with Gasteiger partial charge >= 0.3 is 5.97 Å². The van der Waals surface area contributed by atoms with Crippen molar-refractivity contribution < 1.29 is 9.90 Å². The van der Waals surface area contributed by atoms with Crippen LogP contribution in [0.25, 0.3) is 11.0 Å². The number of imidazole rings is 1. The predicted molar refractivity (Wildman–Crippen MR) is 66.2 cm³/mol. The Morgan fingerprint density at radius 2 is 2.24 bits per heavy atom. The zero-order valence-corrected chi connectivity index (χ0v) is 10.1. The molecule has 90 valence electrons. The van der Waals surface area contributed by atoms with Crippen molar-refractivity contribution in [3.63, 3.8) is 0 Å². The quantitative estimate of drug-likeness (QED) is 0.847. The number of carboxylic acid groups (broad SMARTS) is 1. The van der Waals surface area contributed by atoms with E-state index in [1.807, 2.05) is 36.7 Å². The number of hydrogen-bond donors (Lipinski definition) is 2. The monoisotopic (exact) mass is 233 g/mol. The highest BCUT2D eigenvalue weighted by molar-refractivity contribution is 5.81. The number of carboxylic acids is 1. The first-order valence-corrected chi connectivity index (χ1v) is 5.41. The Kier molecular flexibility index (Phi) is 2.75. The maximum Gasteiger partial charge on any atom is 0.325 e. The van der Waals surface area contributed by atoms with Crippen LogP contribution in [-0.2, 0) is 11.8 Å². The fourth-order valence-corrected chi connectivity index (χ4v) is 1.68. The number of aliphatic carboxylic acids is 1. The van der Waals surface area contributed by atoms with E-state index < -0.39 is 12.0 Å². The molecule has 2 N–H and O–H groups in total. The second kappa shape index (κ2) is 4.08. The van der Waals surface area contributed by atoms with Crippen LogP contribution < -0.4 is 5.32 Å². The molecule has 0 fully saturated rings. The van der Waals surface area contributed by atoms with Gasteiger partial charge in [-0.25, -0.2) is 4.98 Å². The maximum absolute atomic E-state index is 10.8. The van der Waals surface area contributed by atoms with Gasteiger partial charge in [-0.3, -0.25) is 4.79 Å². The predicted octanol–water partition coefficient (Wildman–Crippen LogP) is 1.77. The van der Waals surface area contributed by atoms with E-state index in [0.29, 0.717) is 5.95 Å². The van der Waals surface area contributed by atoms with E-state index >= 15 is 0 Å². The molecule has 0 radical (unpaired) electrons.